The van der Waals surface area contributed by atoms with E-state index in [4.69, 9.17) is 9.15 Å². The van der Waals surface area contributed by atoms with Crippen molar-refractivity contribution < 1.29 is 17.9 Å². The Kier molecular flexibility index (Phi) is 1.98. The van der Waals surface area contributed by atoms with E-state index in [0.717, 1.165) is 6.07 Å². The lowest BCUT2D eigenvalue weighted by molar-refractivity contribution is 0.245. The second-order valence-corrected chi connectivity index (χ2v) is 4.07. The zero-order valence-electron chi connectivity index (χ0n) is 8.92. The number of hydrogen-bond donors (Lipinski definition) is 0. The molecule has 0 amide bonds. The molecule has 3 rings (SSSR count). The molecule has 5 heteroatoms. The molecule has 1 aliphatic heterocycles. The van der Waals surface area contributed by atoms with Crippen LogP contribution in [-0.4, -0.2) is 6.10 Å². The van der Waals surface area contributed by atoms with Crippen molar-refractivity contribution in [2.75, 3.05) is 0 Å². The van der Waals surface area contributed by atoms with Gasteiger partial charge in [-0.25, -0.2) is 9.18 Å². The topological polar surface area (TPSA) is 39.4 Å². The Bertz CT molecular complexity index is 675. The monoisotopic (exact) mass is 238 g/mol. The molecule has 1 atom stereocenters. The number of benzene rings is 1. The molecule has 0 fully saturated rings. The second-order valence-electron chi connectivity index (χ2n) is 4.07. The lowest BCUT2D eigenvalue weighted by Gasteiger charge is -2.03. The maximum atomic E-state index is 13.5. The fourth-order valence-corrected chi connectivity index (χ4v) is 2.11. The van der Waals surface area contributed by atoms with Crippen LogP contribution in [-0.2, 0) is 6.42 Å². The summed E-state index contributed by atoms with van der Waals surface area (Å²) >= 11 is 0. The smallest absolute Gasteiger partial charge is 0.379 e. The predicted molar refractivity (Wildman–Crippen MR) is 56.2 cm³/mol. The van der Waals surface area contributed by atoms with Crippen molar-refractivity contribution in [3.8, 4) is 5.75 Å². The van der Waals surface area contributed by atoms with Crippen molar-refractivity contribution in [3.05, 3.63) is 39.8 Å². The van der Waals surface area contributed by atoms with Crippen LogP contribution in [0.5, 0.6) is 5.75 Å². The van der Waals surface area contributed by atoms with Gasteiger partial charge in [0.05, 0.1) is 0 Å². The lowest BCUT2D eigenvalue weighted by atomic mass is 10.1. The third kappa shape index (κ3) is 1.35. The van der Waals surface area contributed by atoms with Gasteiger partial charge in [-0.1, -0.05) is 0 Å². The van der Waals surface area contributed by atoms with Crippen LogP contribution in [0.4, 0.5) is 8.78 Å². The van der Waals surface area contributed by atoms with Crippen LogP contribution >= 0.6 is 0 Å². The van der Waals surface area contributed by atoms with Gasteiger partial charge in [0.1, 0.15) is 6.10 Å². The SMILES string of the molecule is CC1Cc2c(c(=O)oc3c(F)c(F)ccc23)O1. The number of hydrogen-bond acceptors (Lipinski definition) is 3. The van der Waals surface area contributed by atoms with Gasteiger partial charge in [0.25, 0.3) is 0 Å². The first-order valence-electron chi connectivity index (χ1n) is 5.18. The average molecular weight is 238 g/mol. The molecular formula is C12H8F2O3. The molecule has 0 radical (unpaired) electrons. The lowest BCUT2D eigenvalue weighted by Crippen LogP contribution is -2.09. The predicted octanol–water partition coefficient (Wildman–Crippen LogP) is 2.39. The van der Waals surface area contributed by atoms with Gasteiger partial charge in [-0.3, -0.25) is 0 Å². The second kappa shape index (κ2) is 3.29. The number of halogens is 2. The van der Waals surface area contributed by atoms with E-state index in [0.29, 0.717) is 17.4 Å². The summed E-state index contributed by atoms with van der Waals surface area (Å²) in [6.45, 7) is 1.80. The van der Waals surface area contributed by atoms with Crippen LogP contribution in [0, 0.1) is 11.6 Å². The standard InChI is InChI=1S/C12H8F2O3/c1-5-4-7-6-2-3-8(13)9(14)10(6)17-12(15)11(7)16-5/h2-3,5H,4H2,1H3. The Balaban J connectivity index is 2.45. The molecule has 88 valence electrons. The first-order chi connectivity index (χ1) is 8.08. The van der Waals surface area contributed by atoms with Crippen molar-refractivity contribution in [2.45, 2.75) is 19.4 Å². The van der Waals surface area contributed by atoms with Crippen molar-refractivity contribution >= 4 is 11.0 Å². The molecule has 0 saturated carbocycles. The maximum Gasteiger partial charge on any atom is 0.379 e. The van der Waals surface area contributed by atoms with E-state index in [1.807, 2.05) is 0 Å². The third-order valence-electron chi connectivity index (χ3n) is 2.84. The normalized spacial score (nSPS) is 18.2. The van der Waals surface area contributed by atoms with Gasteiger partial charge in [0.2, 0.25) is 11.6 Å². The van der Waals surface area contributed by atoms with E-state index in [2.05, 4.69) is 0 Å². The summed E-state index contributed by atoms with van der Waals surface area (Å²) in [5, 5.41) is 0.392. The molecule has 1 aromatic heterocycles. The molecular weight excluding hydrogens is 230 g/mol. The molecule has 1 aromatic carbocycles. The van der Waals surface area contributed by atoms with Gasteiger partial charge in [-0.15, -0.1) is 0 Å². The molecule has 0 N–H and O–H groups in total. The summed E-state index contributed by atoms with van der Waals surface area (Å²) in [7, 11) is 0. The van der Waals surface area contributed by atoms with Crippen LogP contribution < -0.4 is 10.4 Å². The van der Waals surface area contributed by atoms with Crippen molar-refractivity contribution in [1.29, 1.82) is 0 Å². The highest BCUT2D eigenvalue weighted by atomic mass is 19.2. The largest absolute Gasteiger partial charge is 0.483 e. The summed E-state index contributed by atoms with van der Waals surface area (Å²) in [6, 6.07) is 2.41. The highest BCUT2D eigenvalue weighted by Crippen LogP contribution is 2.33. The Hall–Kier alpha value is -1.91. The fraction of sp³-hybridized carbons (Fsp3) is 0.250. The first-order valence-corrected chi connectivity index (χ1v) is 5.18. The Morgan fingerprint density at radius 2 is 2.12 bits per heavy atom. The first kappa shape index (κ1) is 10.3. The van der Waals surface area contributed by atoms with E-state index >= 15 is 0 Å². The Labute approximate surface area is 94.6 Å². The van der Waals surface area contributed by atoms with Crippen molar-refractivity contribution in [2.24, 2.45) is 0 Å². The van der Waals surface area contributed by atoms with Crippen molar-refractivity contribution in [3.63, 3.8) is 0 Å². The molecule has 17 heavy (non-hydrogen) atoms. The van der Waals surface area contributed by atoms with E-state index in [1.165, 1.54) is 6.07 Å². The fourth-order valence-electron chi connectivity index (χ4n) is 2.11. The summed E-state index contributed by atoms with van der Waals surface area (Å²) in [4.78, 5) is 11.6. The van der Waals surface area contributed by atoms with Gasteiger partial charge in [-0.05, 0) is 19.1 Å². The number of ether oxygens (including phenoxy) is 1. The molecule has 2 aromatic rings. The minimum absolute atomic E-state index is 0.107. The van der Waals surface area contributed by atoms with Crippen LogP contribution in [0.25, 0.3) is 11.0 Å². The zero-order valence-corrected chi connectivity index (χ0v) is 8.92. The number of fused-ring (bicyclic) bond motifs is 3. The summed E-state index contributed by atoms with van der Waals surface area (Å²) < 4.78 is 36.6. The molecule has 0 saturated heterocycles. The van der Waals surface area contributed by atoms with Gasteiger partial charge in [0, 0.05) is 17.4 Å². The van der Waals surface area contributed by atoms with Crippen LogP contribution in [0.2, 0.25) is 0 Å². The Morgan fingerprint density at radius 1 is 1.35 bits per heavy atom. The van der Waals surface area contributed by atoms with E-state index in [9.17, 15) is 13.6 Å². The molecule has 2 heterocycles. The molecule has 1 unspecified atom stereocenters. The van der Waals surface area contributed by atoms with Gasteiger partial charge in [-0.2, -0.15) is 4.39 Å². The van der Waals surface area contributed by atoms with Crippen molar-refractivity contribution in [1.82, 2.24) is 0 Å². The van der Waals surface area contributed by atoms with Crippen LogP contribution in [0.3, 0.4) is 0 Å². The van der Waals surface area contributed by atoms with E-state index < -0.39 is 17.3 Å². The van der Waals surface area contributed by atoms with Gasteiger partial charge < -0.3 is 9.15 Å². The molecule has 1 aliphatic rings. The highest BCUT2D eigenvalue weighted by molar-refractivity contribution is 5.83. The van der Waals surface area contributed by atoms with E-state index in [-0.39, 0.29) is 17.4 Å². The highest BCUT2D eigenvalue weighted by Gasteiger charge is 2.27. The summed E-state index contributed by atoms with van der Waals surface area (Å²) in [5.41, 5.74) is -0.518. The maximum absolute atomic E-state index is 13.5. The zero-order chi connectivity index (χ0) is 12.2. The van der Waals surface area contributed by atoms with Gasteiger partial charge >= 0.3 is 5.63 Å². The summed E-state index contributed by atoms with van der Waals surface area (Å²) in [6.07, 6.45) is 0.328. The molecule has 0 spiro atoms. The molecule has 3 nitrogen and oxygen atoms in total. The van der Waals surface area contributed by atoms with Crippen LogP contribution in [0.15, 0.2) is 21.3 Å². The van der Waals surface area contributed by atoms with Gasteiger partial charge in [0.15, 0.2) is 11.4 Å². The quantitative estimate of drug-likeness (QED) is 0.661. The van der Waals surface area contributed by atoms with E-state index in [1.54, 1.807) is 6.92 Å². The Morgan fingerprint density at radius 3 is 2.88 bits per heavy atom. The minimum atomic E-state index is -1.14. The summed E-state index contributed by atoms with van der Waals surface area (Å²) in [5.74, 6) is -2.06. The average Bonchev–Trinajstić information content (AvgIpc) is 2.67. The minimum Gasteiger partial charge on any atom is -0.483 e. The molecule has 0 aliphatic carbocycles. The molecule has 0 bridgehead atoms. The number of rotatable bonds is 0. The van der Waals surface area contributed by atoms with Crippen LogP contribution in [0.1, 0.15) is 12.5 Å². The third-order valence-corrected chi connectivity index (χ3v) is 2.84.